The van der Waals surface area contributed by atoms with Gasteiger partial charge in [-0.15, -0.1) is 0 Å². The zero-order valence-electron chi connectivity index (χ0n) is 8.94. The van der Waals surface area contributed by atoms with Gasteiger partial charge < -0.3 is 4.90 Å². The van der Waals surface area contributed by atoms with E-state index in [2.05, 4.69) is 0 Å². The van der Waals surface area contributed by atoms with Crippen LogP contribution < -0.4 is 0 Å². The summed E-state index contributed by atoms with van der Waals surface area (Å²) in [6.45, 7) is 4.96. The van der Waals surface area contributed by atoms with Gasteiger partial charge in [-0.1, -0.05) is 13.8 Å². The number of alkyl halides is 4. The third-order valence-electron chi connectivity index (χ3n) is 1.81. The Balaban J connectivity index is 4.65. The Kier molecular flexibility index (Phi) is 5.03. The molecule has 0 aliphatic carbocycles. The summed E-state index contributed by atoms with van der Waals surface area (Å²) in [4.78, 5) is 11.8. The van der Waals surface area contributed by atoms with E-state index in [4.69, 9.17) is 0 Å². The first kappa shape index (κ1) is 14.2. The molecule has 0 atom stereocenters. The van der Waals surface area contributed by atoms with E-state index in [1.54, 1.807) is 13.8 Å². The van der Waals surface area contributed by atoms with Crippen LogP contribution >= 0.6 is 0 Å². The number of hydrogen-bond acceptors (Lipinski definition) is 1. The first-order valence-electron chi connectivity index (χ1n) is 4.68. The Bertz CT molecular complexity index is 218. The van der Waals surface area contributed by atoms with Crippen molar-refractivity contribution in [2.45, 2.75) is 33.1 Å². The number of nitrogens with zero attached hydrogens (tertiary/aromatic N) is 1. The number of hydrogen-bond donors (Lipinski definition) is 0. The van der Waals surface area contributed by atoms with Gasteiger partial charge in [0.25, 0.3) is 5.91 Å². The van der Waals surface area contributed by atoms with Gasteiger partial charge in [-0.2, -0.15) is 8.78 Å². The molecule has 1 amide bonds. The number of amides is 1. The summed E-state index contributed by atoms with van der Waals surface area (Å²) in [7, 11) is 0. The Morgan fingerprint density at radius 2 is 1.80 bits per heavy atom. The van der Waals surface area contributed by atoms with Crippen molar-refractivity contribution in [1.82, 2.24) is 4.90 Å². The van der Waals surface area contributed by atoms with Gasteiger partial charge in [0.05, 0.1) is 0 Å². The molecule has 0 radical (unpaired) electrons. The maximum atomic E-state index is 12.7. The van der Waals surface area contributed by atoms with Crippen molar-refractivity contribution < 1.29 is 22.4 Å². The van der Waals surface area contributed by atoms with Crippen molar-refractivity contribution in [2.75, 3.05) is 13.1 Å². The highest BCUT2D eigenvalue weighted by Crippen LogP contribution is 2.25. The third kappa shape index (κ3) is 3.68. The minimum Gasteiger partial charge on any atom is -0.337 e. The Morgan fingerprint density at radius 1 is 1.33 bits per heavy atom. The first-order chi connectivity index (χ1) is 6.73. The molecule has 6 heteroatoms. The van der Waals surface area contributed by atoms with Crippen LogP contribution in [0.5, 0.6) is 0 Å². The number of carbonyl (C=O) groups excluding carboxylic acids is 1. The van der Waals surface area contributed by atoms with Crippen LogP contribution in [0.1, 0.15) is 20.8 Å². The molecule has 0 N–H and O–H groups in total. The largest absolute Gasteiger partial charge is 0.383 e. The maximum Gasteiger partial charge on any atom is 0.383 e. The SMILES string of the molecule is CCN(CC(C)C)C(=O)C(F)(F)C(F)F. The van der Waals surface area contributed by atoms with Crippen LogP contribution in [0.4, 0.5) is 17.6 Å². The molecule has 0 bridgehead atoms. The van der Waals surface area contributed by atoms with Crippen LogP contribution in [0.3, 0.4) is 0 Å². The van der Waals surface area contributed by atoms with Crippen LogP contribution in [0.25, 0.3) is 0 Å². The molecule has 0 fully saturated rings. The molecule has 0 aliphatic rings. The van der Waals surface area contributed by atoms with Gasteiger partial charge in [-0.05, 0) is 12.8 Å². The first-order valence-corrected chi connectivity index (χ1v) is 4.68. The summed E-state index contributed by atoms with van der Waals surface area (Å²) in [6, 6.07) is 0. The molecule has 0 heterocycles. The molecule has 0 aromatic heterocycles. The maximum absolute atomic E-state index is 12.7. The van der Waals surface area contributed by atoms with E-state index in [0.29, 0.717) is 0 Å². The predicted molar refractivity (Wildman–Crippen MR) is 48.0 cm³/mol. The van der Waals surface area contributed by atoms with Gasteiger partial charge in [0.2, 0.25) is 0 Å². The van der Waals surface area contributed by atoms with E-state index < -0.39 is 18.3 Å². The van der Waals surface area contributed by atoms with Crippen molar-refractivity contribution in [3.63, 3.8) is 0 Å². The van der Waals surface area contributed by atoms with Crippen molar-refractivity contribution in [1.29, 1.82) is 0 Å². The smallest absolute Gasteiger partial charge is 0.337 e. The van der Waals surface area contributed by atoms with Gasteiger partial charge in [-0.25, -0.2) is 8.78 Å². The molecule has 0 aromatic rings. The van der Waals surface area contributed by atoms with Crippen LogP contribution in [0.15, 0.2) is 0 Å². The fourth-order valence-electron chi connectivity index (χ4n) is 1.10. The summed E-state index contributed by atoms with van der Waals surface area (Å²) in [6.07, 6.45) is -3.95. The Morgan fingerprint density at radius 3 is 2.07 bits per heavy atom. The normalized spacial score (nSPS) is 12.3. The van der Waals surface area contributed by atoms with Crippen LogP contribution in [-0.2, 0) is 4.79 Å². The lowest BCUT2D eigenvalue weighted by Gasteiger charge is -2.26. The summed E-state index contributed by atoms with van der Waals surface area (Å²) in [5, 5.41) is 0. The zero-order chi connectivity index (χ0) is 12.2. The second-order valence-corrected chi connectivity index (χ2v) is 3.66. The van der Waals surface area contributed by atoms with Crippen LogP contribution in [0.2, 0.25) is 0 Å². The quantitative estimate of drug-likeness (QED) is 0.663. The highest BCUT2D eigenvalue weighted by atomic mass is 19.3. The number of rotatable bonds is 5. The summed E-state index contributed by atoms with van der Waals surface area (Å²) in [5.74, 6) is -6.42. The fourth-order valence-corrected chi connectivity index (χ4v) is 1.10. The second-order valence-electron chi connectivity index (χ2n) is 3.66. The molecule has 0 unspecified atom stereocenters. The van der Waals surface area contributed by atoms with Crippen molar-refractivity contribution >= 4 is 5.91 Å². The van der Waals surface area contributed by atoms with Crippen molar-refractivity contribution in [3.8, 4) is 0 Å². The molecule has 0 saturated heterocycles. The van der Waals surface area contributed by atoms with Gasteiger partial charge in [0.1, 0.15) is 0 Å². The molecule has 2 nitrogen and oxygen atoms in total. The summed E-state index contributed by atoms with van der Waals surface area (Å²) >= 11 is 0. The van der Waals surface area contributed by atoms with E-state index >= 15 is 0 Å². The van der Waals surface area contributed by atoms with Gasteiger partial charge >= 0.3 is 12.3 Å². The van der Waals surface area contributed by atoms with Gasteiger partial charge in [-0.3, -0.25) is 4.79 Å². The van der Waals surface area contributed by atoms with E-state index in [1.807, 2.05) is 0 Å². The molecule has 0 aromatic carbocycles. The van der Waals surface area contributed by atoms with E-state index in [1.165, 1.54) is 6.92 Å². The van der Waals surface area contributed by atoms with Crippen LogP contribution in [0, 0.1) is 5.92 Å². The topological polar surface area (TPSA) is 20.3 Å². The van der Waals surface area contributed by atoms with E-state index in [0.717, 1.165) is 4.90 Å². The number of halogens is 4. The molecule has 15 heavy (non-hydrogen) atoms. The van der Waals surface area contributed by atoms with Crippen LogP contribution in [-0.4, -0.2) is 36.2 Å². The average Bonchev–Trinajstić information content (AvgIpc) is 2.12. The standard InChI is InChI=1S/C9H15F4NO/c1-4-14(5-6(2)3)8(15)9(12,13)7(10)11/h6-7H,4-5H2,1-3H3. The minimum absolute atomic E-state index is 0.000671. The number of carbonyl (C=O) groups is 1. The Hall–Kier alpha value is -0.810. The molecule has 0 rings (SSSR count). The molecule has 90 valence electrons. The monoisotopic (exact) mass is 229 g/mol. The summed E-state index contributed by atoms with van der Waals surface area (Å²) in [5.41, 5.74) is 0. The molecule has 0 aliphatic heterocycles. The molecular weight excluding hydrogens is 214 g/mol. The molecule has 0 saturated carbocycles. The molecular formula is C9H15F4NO. The van der Waals surface area contributed by atoms with E-state index in [-0.39, 0.29) is 19.0 Å². The highest BCUT2D eigenvalue weighted by molar-refractivity contribution is 5.84. The van der Waals surface area contributed by atoms with E-state index in [9.17, 15) is 22.4 Å². The van der Waals surface area contributed by atoms with Gasteiger partial charge in [0.15, 0.2) is 0 Å². The minimum atomic E-state index is -4.58. The molecule has 0 spiro atoms. The lowest BCUT2D eigenvalue weighted by atomic mass is 10.2. The average molecular weight is 229 g/mol. The predicted octanol–water partition coefficient (Wildman–Crippen LogP) is 2.39. The van der Waals surface area contributed by atoms with Crippen molar-refractivity contribution in [3.05, 3.63) is 0 Å². The van der Waals surface area contributed by atoms with Crippen molar-refractivity contribution in [2.24, 2.45) is 5.92 Å². The zero-order valence-corrected chi connectivity index (χ0v) is 8.94. The van der Waals surface area contributed by atoms with Gasteiger partial charge in [0, 0.05) is 13.1 Å². The lowest BCUT2D eigenvalue weighted by Crippen LogP contribution is -2.48. The lowest BCUT2D eigenvalue weighted by molar-refractivity contribution is -0.180. The Labute approximate surface area is 86.2 Å². The summed E-state index contributed by atoms with van der Waals surface area (Å²) < 4.78 is 49.2. The highest BCUT2D eigenvalue weighted by Gasteiger charge is 2.50. The third-order valence-corrected chi connectivity index (χ3v) is 1.81. The fraction of sp³-hybridized carbons (Fsp3) is 0.889. The second kappa shape index (κ2) is 5.32.